The van der Waals surface area contributed by atoms with Crippen molar-refractivity contribution in [1.82, 2.24) is 20.9 Å². The first-order valence-electron chi connectivity index (χ1n) is 12.5. The molecule has 214 valence electrons. The normalized spacial score (nSPS) is 14.9. The number of nitrogens with two attached hydrogens (primary N) is 1. The lowest BCUT2D eigenvalue weighted by atomic mass is 10.0. The Hall–Kier alpha value is -4.07. The van der Waals surface area contributed by atoms with Gasteiger partial charge in [0.25, 0.3) is 0 Å². The summed E-state index contributed by atoms with van der Waals surface area (Å²) in [5.41, 5.74) is 7.85. The molecule has 0 aliphatic heterocycles. The summed E-state index contributed by atoms with van der Waals surface area (Å²) >= 11 is 4.03. The van der Waals surface area contributed by atoms with Crippen molar-refractivity contribution in [2.75, 3.05) is 5.75 Å². The number of benzene rings is 2. The number of carbonyl (C=O) groups is 4. The summed E-state index contributed by atoms with van der Waals surface area (Å²) in [4.78, 5) is 54.0. The average Bonchev–Trinajstić information content (AvgIpc) is 3.33. The molecule has 2 aromatic carbocycles. The maximum absolute atomic E-state index is 13.4. The molecule has 0 radical (unpaired) electrons. The van der Waals surface area contributed by atoms with Crippen LogP contribution in [0.3, 0.4) is 0 Å². The molecule has 13 heteroatoms. The number of aromatic nitrogens is 1. The summed E-state index contributed by atoms with van der Waals surface area (Å²) in [7, 11) is 0. The van der Waals surface area contributed by atoms with Gasteiger partial charge in [0.15, 0.2) is 0 Å². The predicted molar refractivity (Wildman–Crippen MR) is 151 cm³/mol. The number of rotatable bonds is 13. The molecule has 0 spiro atoms. The van der Waals surface area contributed by atoms with E-state index in [9.17, 15) is 34.5 Å². The molecule has 0 aliphatic rings. The molecule has 3 amide bonds. The second-order valence-corrected chi connectivity index (χ2v) is 9.78. The lowest BCUT2D eigenvalue weighted by Crippen LogP contribution is -2.60. The zero-order valence-corrected chi connectivity index (χ0v) is 22.6. The van der Waals surface area contributed by atoms with Crippen LogP contribution in [-0.4, -0.2) is 80.0 Å². The highest BCUT2D eigenvalue weighted by atomic mass is 32.1. The molecule has 0 saturated heterocycles. The van der Waals surface area contributed by atoms with Crippen LogP contribution >= 0.6 is 12.6 Å². The van der Waals surface area contributed by atoms with E-state index in [0.29, 0.717) is 11.1 Å². The van der Waals surface area contributed by atoms with E-state index >= 15 is 0 Å². The number of carbonyl (C=O) groups excluding carboxylic acids is 3. The maximum atomic E-state index is 13.4. The third-order valence-corrected chi connectivity index (χ3v) is 6.71. The fourth-order valence-electron chi connectivity index (χ4n) is 4.08. The monoisotopic (exact) mass is 571 g/mol. The summed E-state index contributed by atoms with van der Waals surface area (Å²) < 4.78 is 0. The Balaban J connectivity index is 1.79. The zero-order valence-electron chi connectivity index (χ0n) is 21.7. The van der Waals surface area contributed by atoms with Crippen LogP contribution in [-0.2, 0) is 32.0 Å². The van der Waals surface area contributed by atoms with Crippen LogP contribution in [0.2, 0.25) is 0 Å². The molecule has 0 fully saturated rings. The molecule has 0 aliphatic carbocycles. The van der Waals surface area contributed by atoms with Gasteiger partial charge >= 0.3 is 5.97 Å². The van der Waals surface area contributed by atoms with Crippen LogP contribution in [0.5, 0.6) is 5.75 Å². The molecular weight excluding hydrogens is 538 g/mol. The first kappa shape index (κ1) is 30.5. The molecule has 0 saturated carbocycles. The molecule has 5 unspecified atom stereocenters. The number of fused-ring (bicyclic) bond motifs is 1. The van der Waals surface area contributed by atoms with Crippen molar-refractivity contribution in [1.29, 1.82) is 0 Å². The van der Waals surface area contributed by atoms with Gasteiger partial charge in [-0.3, -0.25) is 14.4 Å². The Morgan fingerprint density at radius 3 is 2.20 bits per heavy atom. The number of aromatic hydroxyl groups is 1. The molecule has 3 rings (SSSR count). The predicted octanol–water partition coefficient (Wildman–Crippen LogP) is -0.164. The summed E-state index contributed by atoms with van der Waals surface area (Å²) in [5, 5.41) is 37.6. The molecule has 3 aromatic rings. The number of hydrogen-bond donors (Lipinski definition) is 9. The highest BCUT2D eigenvalue weighted by molar-refractivity contribution is 7.80. The first-order chi connectivity index (χ1) is 19.0. The van der Waals surface area contributed by atoms with Crippen molar-refractivity contribution in [2.24, 2.45) is 5.73 Å². The van der Waals surface area contributed by atoms with Crippen LogP contribution < -0.4 is 21.7 Å². The standard InChI is InChI=1S/C27H33N5O7S/c1-14(33)23(26(37)31-22(27(38)39)10-15-6-8-17(34)9-7-15)32-25(36)21(30-24(35)19(28)13-40)11-16-12-29-20-5-3-2-4-18(16)20/h2-9,12,14,19,21-23,29,33-34,40H,10-11,13,28H2,1H3,(H,30,35)(H,31,37)(H,32,36)(H,38,39). The lowest BCUT2D eigenvalue weighted by Gasteiger charge is -2.26. The number of hydrogen-bond acceptors (Lipinski definition) is 8. The van der Waals surface area contributed by atoms with Crippen molar-refractivity contribution >= 4 is 47.2 Å². The smallest absolute Gasteiger partial charge is 0.326 e. The number of para-hydroxylation sites is 1. The van der Waals surface area contributed by atoms with Crippen molar-refractivity contribution in [3.8, 4) is 5.75 Å². The SMILES string of the molecule is CC(O)C(NC(=O)C(Cc1c[nH]c2ccccc12)NC(=O)C(N)CS)C(=O)NC(Cc1ccc(O)cc1)C(=O)O. The van der Waals surface area contributed by atoms with Crippen molar-refractivity contribution in [3.05, 3.63) is 65.9 Å². The molecule has 12 nitrogen and oxygen atoms in total. The van der Waals surface area contributed by atoms with Gasteiger partial charge in [-0.1, -0.05) is 30.3 Å². The molecular formula is C27H33N5O7S. The number of aliphatic hydroxyl groups is 1. The van der Waals surface area contributed by atoms with Crippen molar-refractivity contribution in [3.63, 3.8) is 0 Å². The van der Waals surface area contributed by atoms with Crippen LogP contribution in [0.25, 0.3) is 10.9 Å². The van der Waals surface area contributed by atoms with E-state index in [1.54, 1.807) is 6.20 Å². The van der Waals surface area contributed by atoms with Gasteiger partial charge in [-0.25, -0.2) is 4.79 Å². The highest BCUT2D eigenvalue weighted by Gasteiger charge is 2.33. The average molecular weight is 572 g/mol. The number of carboxylic acids is 1. The fourth-order valence-corrected chi connectivity index (χ4v) is 4.25. The Kier molecular flexibility index (Phi) is 10.5. The van der Waals surface area contributed by atoms with E-state index in [2.05, 4.69) is 33.6 Å². The van der Waals surface area contributed by atoms with Crippen LogP contribution in [0.15, 0.2) is 54.7 Å². The highest BCUT2D eigenvalue weighted by Crippen LogP contribution is 2.19. The maximum Gasteiger partial charge on any atom is 0.326 e. The summed E-state index contributed by atoms with van der Waals surface area (Å²) in [6.45, 7) is 1.27. The minimum absolute atomic E-state index is 0.00106. The number of carboxylic acid groups (broad SMARTS) is 1. The van der Waals surface area contributed by atoms with E-state index in [0.717, 1.165) is 10.9 Å². The number of nitrogens with one attached hydrogen (secondary N) is 4. The van der Waals surface area contributed by atoms with Gasteiger partial charge in [-0.2, -0.15) is 12.6 Å². The van der Waals surface area contributed by atoms with Gasteiger partial charge in [0.05, 0.1) is 12.1 Å². The van der Waals surface area contributed by atoms with Crippen molar-refractivity contribution < 1.29 is 34.5 Å². The topological polar surface area (TPSA) is 207 Å². The number of aliphatic hydroxyl groups excluding tert-OH is 1. The number of aromatic amines is 1. The van der Waals surface area contributed by atoms with E-state index in [1.807, 2.05) is 24.3 Å². The number of aliphatic carboxylic acids is 1. The third kappa shape index (κ3) is 7.97. The summed E-state index contributed by atoms with van der Waals surface area (Å²) in [5.74, 6) is -3.64. The quantitative estimate of drug-likeness (QED) is 0.126. The lowest BCUT2D eigenvalue weighted by molar-refractivity contribution is -0.143. The first-order valence-corrected chi connectivity index (χ1v) is 13.1. The second kappa shape index (κ2) is 13.8. The van der Waals surface area contributed by atoms with E-state index < -0.39 is 54.0 Å². The number of phenols is 1. The minimum atomic E-state index is -1.53. The van der Waals surface area contributed by atoms with Gasteiger partial charge in [0.2, 0.25) is 17.7 Å². The van der Waals surface area contributed by atoms with Crippen LogP contribution in [0.4, 0.5) is 0 Å². The van der Waals surface area contributed by atoms with Gasteiger partial charge in [-0.05, 0) is 36.2 Å². The van der Waals surface area contributed by atoms with Gasteiger partial charge in [-0.15, -0.1) is 0 Å². The van der Waals surface area contributed by atoms with Crippen LogP contribution in [0.1, 0.15) is 18.1 Å². The number of amides is 3. The Labute approximate surface area is 235 Å². The minimum Gasteiger partial charge on any atom is -0.508 e. The van der Waals surface area contributed by atoms with Gasteiger partial charge in [0, 0.05) is 35.7 Å². The van der Waals surface area contributed by atoms with Gasteiger partial charge in [0.1, 0.15) is 23.9 Å². The van der Waals surface area contributed by atoms with E-state index in [4.69, 9.17) is 5.73 Å². The summed E-state index contributed by atoms with van der Waals surface area (Å²) in [6.07, 6.45) is 0.224. The van der Waals surface area contributed by atoms with Gasteiger partial charge < -0.3 is 42.0 Å². The molecule has 9 N–H and O–H groups in total. The molecule has 5 atom stereocenters. The Morgan fingerprint density at radius 2 is 1.57 bits per heavy atom. The Morgan fingerprint density at radius 1 is 0.925 bits per heavy atom. The fraction of sp³-hybridized carbons (Fsp3) is 0.333. The second-order valence-electron chi connectivity index (χ2n) is 9.41. The molecule has 40 heavy (non-hydrogen) atoms. The Bertz CT molecular complexity index is 1340. The third-order valence-electron chi connectivity index (χ3n) is 6.32. The van der Waals surface area contributed by atoms with Crippen molar-refractivity contribution in [2.45, 2.75) is 50.0 Å². The molecule has 0 bridgehead atoms. The van der Waals surface area contributed by atoms with E-state index in [1.165, 1.54) is 31.2 Å². The van der Waals surface area contributed by atoms with E-state index in [-0.39, 0.29) is 24.3 Å². The number of phenolic OH excluding ortho intramolecular Hbond substituents is 1. The van der Waals surface area contributed by atoms with Crippen LogP contribution in [0, 0.1) is 0 Å². The number of H-pyrrole nitrogens is 1. The number of thiol groups is 1. The molecule has 1 heterocycles. The molecule has 1 aromatic heterocycles. The summed E-state index contributed by atoms with van der Waals surface area (Å²) in [6, 6.07) is 8.09. The zero-order chi connectivity index (χ0) is 29.4. The largest absolute Gasteiger partial charge is 0.508 e.